The highest BCUT2D eigenvalue weighted by molar-refractivity contribution is 5.74. The van der Waals surface area contributed by atoms with Gasteiger partial charge in [-0.2, -0.15) is 0 Å². The Bertz CT molecular complexity index is 1140. The Morgan fingerprint density at radius 1 is 1.00 bits per heavy atom. The summed E-state index contributed by atoms with van der Waals surface area (Å²) in [5.74, 6) is 0.774. The predicted octanol–water partition coefficient (Wildman–Crippen LogP) is 6.07. The minimum Gasteiger partial charge on any atom is -0.508 e. The highest BCUT2D eigenvalue weighted by Crippen LogP contribution is 2.47. The van der Waals surface area contributed by atoms with Gasteiger partial charge in [-0.25, -0.2) is 4.79 Å². The predicted molar refractivity (Wildman–Crippen MR) is 156 cm³/mol. The first kappa shape index (κ1) is 27.7. The van der Waals surface area contributed by atoms with Crippen LogP contribution >= 0.6 is 0 Å². The summed E-state index contributed by atoms with van der Waals surface area (Å²) < 4.78 is 0. The number of phenols is 1. The van der Waals surface area contributed by atoms with Gasteiger partial charge in [-0.05, 0) is 80.1 Å². The summed E-state index contributed by atoms with van der Waals surface area (Å²) in [7, 11) is 2.19. The van der Waals surface area contributed by atoms with Crippen molar-refractivity contribution in [3.63, 3.8) is 0 Å². The zero-order valence-electron chi connectivity index (χ0n) is 23.3. The van der Waals surface area contributed by atoms with Crippen LogP contribution in [-0.4, -0.2) is 48.8 Å². The number of hydrogen-bond donors (Lipinski definition) is 3. The lowest BCUT2D eigenvalue weighted by molar-refractivity contribution is 0.0582. The Hall–Kier alpha value is -3.31. The second-order valence-corrected chi connectivity index (χ2v) is 10.9. The van der Waals surface area contributed by atoms with Gasteiger partial charge in [-0.3, -0.25) is 0 Å². The van der Waals surface area contributed by atoms with Crippen LogP contribution in [0.4, 0.5) is 4.79 Å². The average Bonchev–Trinajstić information content (AvgIpc) is 2.94. The molecule has 1 aliphatic rings. The molecule has 0 bridgehead atoms. The number of nitrogens with zero attached hydrogens (tertiary/aromatic N) is 1. The molecule has 2 amide bonds. The molecule has 2 unspecified atom stereocenters. The van der Waals surface area contributed by atoms with Crippen molar-refractivity contribution < 1.29 is 9.90 Å². The molecule has 0 saturated carbocycles. The van der Waals surface area contributed by atoms with Crippen LogP contribution in [0, 0.1) is 5.92 Å². The van der Waals surface area contributed by atoms with Gasteiger partial charge in [0.2, 0.25) is 0 Å². The number of amides is 2. The number of nitrogens with one attached hydrogen (secondary N) is 2. The standard InChI is InChI=1S/C33H43N3O2/c1-5-26-16-17-29(37)22-31(26)33(19-21-36(4)25(3)24(33)2)18-20-34-32(38)35-23-30(27-12-8-6-9-13-27)28-14-10-7-11-15-28/h6-17,22,24-25,30,37H,5,18-21,23H2,1-4H3,(H2,34,35,38)/t24-,25?,33?/m0/s1. The van der Waals surface area contributed by atoms with Crippen LogP contribution < -0.4 is 10.6 Å². The van der Waals surface area contributed by atoms with E-state index in [-0.39, 0.29) is 17.4 Å². The Balaban J connectivity index is 1.46. The highest BCUT2D eigenvalue weighted by atomic mass is 16.3. The second kappa shape index (κ2) is 12.5. The molecule has 1 saturated heterocycles. The minimum absolute atomic E-state index is 0.0867. The highest BCUT2D eigenvalue weighted by Gasteiger charge is 2.45. The van der Waals surface area contributed by atoms with Crippen LogP contribution in [0.3, 0.4) is 0 Å². The van der Waals surface area contributed by atoms with Crippen molar-refractivity contribution in [2.24, 2.45) is 5.92 Å². The van der Waals surface area contributed by atoms with Crippen molar-refractivity contribution in [2.75, 3.05) is 26.7 Å². The third-order valence-electron chi connectivity index (χ3n) is 8.94. The van der Waals surface area contributed by atoms with E-state index in [9.17, 15) is 9.90 Å². The van der Waals surface area contributed by atoms with E-state index in [0.717, 1.165) is 25.8 Å². The normalized spacial score (nSPS) is 21.8. The van der Waals surface area contributed by atoms with Crippen molar-refractivity contribution in [2.45, 2.75) is 57.4 Å². The van der Waals surface area contributed by atoms with E-state index >= 15 is 0 Å². The lowest BCUT2D eigenvalue weighted by Crippen LogP contribution is -2.54. The number of urea groups is 1. The maximum atomic E-state index is 13.0. The Morgan fingerprint density at radius 3 is 2.24 bits per heavy atom. The summed E-state index contributed by atoms with van der Waals surface area (Å²) in [6.45, 7) is 8.89. The molecule has 0 spiro atoms. The average molecular weight is 514 g/mol. The summed E-state index contributed by atoms with van der Waals surface area (Å²) in [6.07, 6.45) is 2.75. The quantitative estimate of drug-likeness (QED) is 0.325. The number of rotatable bonds is 9. The summed E-state index contributed by atoms with van der Waals surface area (Å²) >= 11 is 0. The van der Waals surface area contributed by atoms with Crippen molar-refractivity contribution in [1.29, 1.82) is 0 Å². The monoisotopic (exact) mass is 513 g/mol. The summed E-state index contributed by atoms with van der Waals surface area (Å²) in [5, 5.41) is 16.7. The van der Waals surface area contributed by atoms with Crippen LogP contribution in [0.5, 0.6) is 5.75 Å². The summed E-state index contributed by atoms with van der Waals surface area (Å²) in [4.78, 5) is 15.4. The number of carbonyl (C=O) groups is 1. The van der Waals surface area contributed by atoms with Gasteiger partial charge in [0.1, 0.15) is 5.75 Å². The summed E-state index contributed by atoms with van der Waals surface area (Å²) in [5.41, 5.74) is 4.78. The molecular formula is C33H43N3O2. The maximum Gasteiger partial charge on any atom is 0.314 e. The first-order valence-electron chi connectivity index (χ1n) is 14.0. The van der Waals surface area contributed by atoms with Crippen LogP contribution in [-0.2, 0) is 11.8 Å². The van der Waals surface area contributed by atoms with Gasteiger partial charge in [0.25, 0.3) is 0 Å². The lowest BCUT2D eigenvalue weighted by Gasteiger charge is -2.51. The maximum absolute atomic E-state index is 13.0. The number of piperidine rings is 1. The molecule has 38 heavy (non-hydrogen) atoms. The van der Waals surface area contributed by atoms with E-state index in [1.807, 2.05) is 42.5 Å². The fourth-order valence-electron chi connectivity index (χ4n) is 6.31. The molecule has 202 valence electrons. The van der Waals surface area contributed by atoms with Gasteiger partial charge in [0, 0.05) is 30.5 Å². The molecule has 5 nitrogen and oxygen atoms in total. The number of benzene rings is 3. The van der Waals surface area contributed by atoms with Crippen molar-refractivity contribution in [3.05, 3.63) is 101 Å². The number of aryl methyl sites for hydroxylation is 1. The zero-order valence-corrected chi connectivity index (χ0v) is 23.3. The first-order valence-corrected chi connectivity index (χ1v) is 14.0. The molecule has 0 aromatic heterocycles. The number of carbonyl (C=O) groups excluding carboxylic acids is 1. The first-order chi connectivity index (χ1) is 18.4. The van der Waals surface area contributed by atoms with E-state index in [2.05, 4.69) is 73.7 Å². The molecule has 3 N–H and O–H groups in total. The van der Waals surface area contributed by atoms with Crippen LogP contribution in [0.25, 0.3) is 0 Å². The number of likely N-dealkylation sites (tertiary alicyclic amines) is 1. The van der Waals surface area contributed by atoms with Gasteiger partial charge in [-0.1, -0.05) is 80.6 Å². The van der Waals surface area contributed by atoms with Crippen LogP contribution in [0.2, 0.25) is 0 Å². The molecule has 0 aliphatic carbocycles. The molecule has 5 heteroatoms. The minimum atomic E-state index is -0.141. The van der Waals surface area contributed by atoms with E-state index in [1.54, 1.807) is 6.07 Å². The Labute approximate surface area is 228 Å². The molecule has 0 radical (unpaired) electrons. The van der Waals surface area contributed by atoms with E-state index in [0.29, 0.717) is 30.8 Å². The molecule has 1 aliphatic heterocycles. The fraction of sp³-hybridized carbons (Fsp3) is 0.424. The van der Waals surface area contributed by atoms with Crippen molar-refractivity contribution >= 4 is 6.03 Å². The molecular weight excluding hydrogens is 470 g/mol. The number of aromatic hydroxyl groups is 1. The van der Waals surface area contributed by atoms with Gasteiger partial charge >= 0.3 is 6.03 Å². The van der Waals surface area contributed by atoms with Crippen molar-refractivity contribution in [1.82, 2.24) is 15.5 Å². The van der Waals surface area contributed by atoms with Crippen LogP contribution in [0.1, 0.15) is 61.8 Å². The third-order valence-corrected chi connectivity index (χ3v) is 8.94. The number of phenolic OH excluding ortho intramolecular Hbond substituents is 1. The lowest BCUT2D eigenvalue weighted by atomic mass is 9.61. The molecule has 3 aromatic carbocycles. The third kappa shape index (κ3) is 6.05. The molecule has 1 fully saturated rings. The molecule has 1 heterocycles. The Morgan fingerprint density at radius 2 is 1.63 bits per heavy atom. The van der Waals surface area contributed by atoms with E-state index in [4.69, 9.17) is 0 Å². The molecule has 3 atom stereocenters. The van der Waals surface area contributed by atoms with Crippen LogP contribution in [0.15, 0.2) is 78.9 Å². The van der Waals surface area contributed by atoms with E-state index < -0.39 is 0 Å². The van der Waals surface area contributed by atoms with E-state index in [1.165, 1.54) is 22.3 Å². The fourth-order valence-corrected chi connectivity index (χ4v) is 6.31. The SMILES string of the molecule is CCc1ccc(O)cc1C1(CCNC(=O)NCC(c2ccccc2)c2ccccc2)CCN(C)C(C)[C@@H]1C. The second-order valence-electron chi connectivity index (χ2n) is 10.9. The molecule has 4 rings (SSSR count). The number of hydrogen-bond acceptors (Lipinski definition) is 3. The smallest absolute Gasteiger partial charge is 0.314 e. The van der Waals surface area contributed by atoms with Gasteiger partial charge in [-0.15, -0.1) is 0 Å². The van der Waals surface area contributed by atoms with Gasteiger partial charge in [0.05, 0.1) is 0 Å². The summed E-state index contributed by atoms with van der Waals surface area (Å²) in [6, 6.07) is 26.8. The topological polar surface area (TPSA) is 64.6 Å². The Kier molecular flexibility index (Phi) is 9.11. The van der Waals surface area contributed by atoms with Gasteiger partial charge in [0.15, 0.2) is 0 Å². The van der Waals surface area contributed by atoms with Gasteiger partial charge < -0.3 is 20.6 Å². The molecule has 3 aromatic rings. The largest absolute Gasteiger partial charge is 0.508 e. The zero-order chi connectivity index (χ0) is 27.1. The van der Waals surface area contributed by atoms with Crippen molar-refractivity contribution in [3.8, 4) is 5.75 Å².